The van der Waals surface area contributed by atoms with E-state index in [1.165, 1.54) is 23.5 Å². The number of ether oxygens (including phenoxy) is 1. The Balaban J connectivity index is 1.67. The summed E-state index contributed by atoms with van der Waals surface area (Å²) < 4.78 is 32.3. The number of hydrogen-bond acceptors (Lipinski definition) is 5. The number of carbonyl (C=O) groups is 2. The van der Waals surface area contributed by atoms with Gasteiger partial charge in [-0.05, 0) is 37.1 Å². The van der Waals surface area contributed by atoms with Crippen LogP contribution in [-0.4, -0.2) is 81.2 Å². The number of sulfonamides is 1. The van der Waals surface area contributed by atoms with E-state index in [1.807, 2.05) is 0 Å². The first-order chi connectivity index (χ1) is 13.0. The quantitative estimate of drug-likeness (QED) is 0.674. The number of nitrogens with zero attached hydrogens (tertiary/aromatic N) is 3. The lowest BCUT2D eigenvalue weighted by Crippen LogP contribution is -2.52. The Kier molecular flexibility index (Phi) is 6.01. The van der Waals surface area contributed by atoms with Gasteiger partial charge in [-0.25, -0.2) is 8.42 Å². The predicted octanol–water partition coefficient (Wildman–Crippen LogP) is 0.397. The van der Waals surface area contributed by atoms with Crippen molar-refractivity contribution in [2.75, 3.05) is 46.4 Å². The minimum Gasteiger partial charge on any atom is -0.497 e. The van der Waals surface area contributed by atoms with Gasteiger partial charge in [0.15, 0.2) is 0 Å². The van der Waals surface area contributed by atoms with E-state index in [1.54, 1.807) is 21.9 Å². The van der Waals surface area contributed by atoms with E-state index in [9.17, 15) is 18.0 Å². The largest absolute Gasteiger partial charge is 0.497 e. The third kappa shape index (κ3) is 4.24. The fourth-order valence-electron chi connectivity index (χ4n) is 3.56. The van der Waals surface area contributed by atoms with Crippen molar-refractivity contribution >= 4 is 22.3 Å². The molecular weight excluding hydrogens is 370 g/mol. The molecule has 1 aromatic carbocycles. The highest BCUT2D eigenvalue weighted by Gasteiger charge is 2.35. The van der Waals surface area contributed by atoms with E-state index >= 15 is 0 Å². The second kappa shape index (κ2) is 8.26. The molecule has 2 fully saturated rings. The summed E-state index contributed by atoms with van der Waals surface area (Å²) in [6, 6.07) is 6.29. The first-order valence-electron chi connectivity index (χ1n) is 9.08. The van der Waals surface area contributed by atoms with Gasteiger partial charge in [0.2, 0.25) is 22.3 Å². The van der Waals surface area contributed by atoms with Crippen molar-refractivity contribution in [3.8, 4) is 5.75 Å². The lowest BCUT2D eigenvalue weighted by Gasteiger charge is -2.37. The zero-order valence-corrected chi connectivity index (χ0v) is 16.2. The highest BCUT2D eigenvalue weighted by atomic mass is 32.2. The smallest absolute Gasteiger partial charge is 0.243 e. The number of benzene rings is 1. The van der Waals surface area contributed by atoms with Crippen molar-refractivity contribution in [2.24, 2.45) is 5.92 Å². The fraction of sp³-hybridized carbons (Fsp3) is 0.556. The maximum absolute atomic E-state index is 12.9. The Morgan fingerprint density at radius 2 is 1.78 bits per heavy atom. The third-order valence-corrected chi connectivity index (χ3v) is 7.08. The normalized spacial score (nSPS) is 21.7. The summed E-state index contributed by atoms with van der Waals surface area (Å²) in [4.78, 5) is 27.2. The van der Waals surface area contributed by atoms with Crippen LogP contribution in [-0.2, 0) is 19.6 Å². The maximum atomic E-state index is 12.9. The minimum atomic E-state index is -3.64. The lowest BCUT2D eigenvalue weighted by atomic mass is 9.98. The fourth-order valence-corrected chi connectivity index (χ4v) is 5.09. The van der Waals surface area contributed by atoms with Crippen LogP contribution < -0.4 is 4.74 Å². The Morgan fingerprint density at radius 3 is 2.37 bits per heavy atom. The molecule has 27 heavy (non-hydrogen) atoms. The Bertz CT molecular complexity index is 773. The van der Waals surface area contributed by atoms with Crippen LogP contribution in [0.1, 0.15) is 12.8 Å². The molecule has 9 heteroatoms. The average Bonchev–Trinajstić information content (AvgIpc) is 2.73. The predicted molar refractivity (Wildman–Crippen MR) is 98.7 cm³/mol. The Morgan fingerprint density at radius 1 is 1.11 bits per heavy atom. The van der Waals surface area contributed by atoms with Gasteiger partial charge < -0.3 is 14.5 Å². The highest BCUT2D eigenvalue weighted by molar-refractivity contribution is 7.89. The van der Waals surface area contributed by atoms with Crippen molar-refractivity contribution in [1.82, 2.24) is 14.1 Å². The molecule has 1 atom stereocenters. The highest BCUT2D eigenvalue weighted by Crippen LogP contribution is 2.26. The molecular formula is C18H25N3O5S. The average molecular weight is 395 g/mol. The van der Waals surface area contributed by atoms with Crippen LogP contribution in [0, 0.1) is 5.92 Å². The molecule has 0 aliphatic carbocycles. The van der Waals surface area contributed by atoms with Crippen LogP contribution in [0.4, 0.5) is 0 Å². The van der Waals surface area contributed by atoms with E-state index < -0.39 is 10.0 Å². The molecule has 3 rings (SSSR count). The number of hydrogen-bond donors (Lipinski definition) is 0. The second-order valence-corrected chi connectivity index (χ2v) is 8.78. The maximum Gasteiger partial charge on any atom is 0.243 e. The van der Waals surface area contributed by atoms with E-state index in [0.717, 1.165) is 6.41 Å². The molecule has 0 bridgehead atoms. The molecule has 0 radical (unpaired) electrons. The van der Waals surface area contributed by atoms with Crippen LogP contribution >= 0.6 is 0 Å². The van der Waals surface area contributed by atoms with Crippen molar-refractivity contribution in [2.45, 2.75) is 17.7 Å². The molecule has 2 heterocycles. The van der Waals surface area contributed by atoms with Gasteiger partial charge in [0.1, 0.15) is 5.75 Å². The Hall–Kier alpha value is -2.13. The first-order valence-corrected chi connectivity index (χ1v) is 10.5. The molecule has 1 aromatic rings. The molecule has 2 amide bonds. The van der Waals surface area contributed by atoms with E-state index in [-0.39, 0.29) is 23.3 Å². The van der Waals surface area contributed by atoms with Crippen molar-refractivity contribution in [1.29, 1.82) is 0 Å². The van der Waals surface area contributed by atoms with E-state index in [2.05, 4.69) is 0 Å². The van der Waals surface area contributed by atoms with Gasteiger partial charge in [0.25, 0.3) is 0 Å². The standard InChI is InChI=1S/C18H25N3O5S/c1-26-16-4-6-17(7-5-16)27(24,25)21-8-2-3-15(13-21)18(23)20-11-9-19(14-22)10-12-20/h4-7,14-15H,2-3,8-13H2,1H3/t15-/m1/s1. The molecule has 0 N–H and O–H groups in total. The summed E-state index contributed by atoms with van der Waals surface area (Å²) in [7, 11) is -2.12. The number of rotatable bonds is 5. The molecule has 2 aliphatic heterocycles. The summed E-state index contributed by atoms with van der Waals surface area (Å²) >= 11 is 0. The van der Waals surface area contributed by atoms with Gasteiger partial charge in [-0.3, -0.25) is 9.59 Å². The number of piperazine rings is 1. The molecule has 0 spiro atoms. The number of piperidine rings is 1. The van der Waals surface area contributed by atoms with Crippen LogP contribution in [0.15, 0.2) is 29.2 Å². The van der Waals surface area contributed by atoms with E-state index in [4.69, 9.17) is 4.74 Å². The van der Waals surface area contributed by atoms with Gasteiger partial charge >= 0.3 is 0 Å². The summed E-state index contributed by atoms with van der Waals surface area (Å²) in [6.45, 7) is 2.66. The number of carbonyl (C=O) groups excluding carboxylic acids is 2. The van der Waals surface area contributed by atoms with Gasteiger partial charge in [-0.15, -0.1) is 0 Å². The van der Waals surface area contributed by atoms with Gasteiger partial charge in [-0.1, -0.05) is 0 Å². The lowest BCUT2D eigenvalue weighted by molar-refractivity contribution is -0.140. The second-order valence-electron chi connectivity index (χ2n) is 6.84. The molecule has 0 unspecified atom stereocenters. The molecule has 148 valence electrons. The van der Waals surface area contributed by atoms with E-state index in [0.29, 0.717) is 51.3 Å². The molecule has 0 aromatic heterocycles. The summed E-state index contributed by atoms with van der Waals surface area (Å²) in [5.41, 5.74) is 0. The molecule has 8 nitrogen and oxygen atoms in total. The summed E-state index contributed by atoms with van der Waals surface area (Å²) in [5, 5.41) is 0. The van der Waals surface area contributed by atoms with Crippen molar-refractivity contribution in [3.05, 3.63) is 24.3 Å². The van der Waals surface area contributed by atoms with Gasteiger partial charge in [0.05, 0.1) is 17.9 Å². The van der Waals surface area contributed by atoms with Crippen LogP contribution in [0.3, 0.4) is 0 Å². The molecule has 2 aliphatic rings. The summed E-state index contributed by atoms with van der Waals surface area (Å²) in [6.07, 6.45) is 2.13. The van der Waals surface area contributed by atoms with Crippen LogP contribution in [0.25, 0.3) is 0 Å². The number of methoxy groups -OCH3 is 1. The minimum absolute atomic E-state index is 0.0184. The van der Waals surface area contributed by atoms with Crippen molar-refractivity contribution < 1.29 is 22.7 Å². The first kappa shape index (κ1) is 19.6. The third-order valence-electron chi connectivity index (χ3n) is 5.21. The number of amides is 2. The topological polar surface area (TPSA) is 87.2 Å². The van der Waals surface area contributed by atoms with Crippen LogP contribution in [0.2, 0.25) is 0 Å². The zero-order valence-electron chi connectivity index (χ0n) is 15.4. The molecule has 0 saturated carbocycles. The van der Waals surface area contributed by atoms with Gasteiger partial charge in [-0.2, -0.15) is 4.31 Å². The van der Waals surface area contributed by atoms with Crippen molar-refractivity contribution in [3.63, 3.8) is 0 Å². The van der Waals surface area contributed by atoms with Gasteiger partial charge in [0, 0.05) is 39.3 Å². The zero-order chi connectivity index (χ0) is 19.4. The molecule has 2 saturated heterocycles. The monoisotopic (exact) mass is 395 g/mol. The summed E-state index contributed by atoms with van der Waals surface area (Å²) in [5.74, 6) is 0.236. The SMILES string of the molecule is COc1ccc(S(=O)(=O)N2CCC[C@@H](C(=O)N3CCN(C=O)CC3)C2)cc1. The van der Waals surface area contributed by atoms with Crippen LogP contribution in [0.5, 0.6) is 5.75 Å². The Labute approximate surface area is 159 Å².